The summed E-state index contributed by atoms with van der Waals surface area (Å²) in [6.07, 6.45) is 10.0. The molecule has 3 atom stereocenters. The minimum atomic E-state index is 0.404. The van der Waals surface area contributed by atoms with Gasteiger partial charge in [-0.15, -0.1) is 0 Å². The smallest absolute Gasteiger partial charge is 0.0270 e. The summed E-state index contributed by atoms with van der Waals surface area (Å²) in [5, 5.41) is 0. The Hall–Kier alpha value is -0.930. The Morgan fingerprint density at radius 3 is 2.75 bits per heavy atom. The van der Waals surface area contributed by atoms with Gasteiger partial charge in [-0.05, 0) is 62.3 Å². The average Bonchev–Trinajstić information content (AvgIpc) is 2.48. The van der Waals surface area contributed by atoms with Gasteiger partial charge in [-0.2, -0.15) is 0 Å². The third-order valence-corrected chi connectivity index (χ3v) is 4.80. The predicted octanol–water partition coefficient (Wildman–Crippen LogP) is 2.71. The molecule has 1 heterocycles. The van der Waals surface area contributed by atoms with Crippen LogP contribution in [0, 0.1) is 11.8 Å². The van der Waals surface area contributed by atoms with Crippen LogP contribution in [0.5, 0.6) is 0 Å². The second-order valence-corrected chi connectivity index (χ2v) is 6.38. The summed E-state index contributed by atoms with van der Waals surface area (Å²) < 4.78 is 0. The van der Waals surface area contributed by atoms with Crippen molar-refractivity contribution in [2.24, 2.45) is 17.6 Å². The van der Waals surface area contributed by atoms with Crippen LogP contribution in [-0.4, -0.2) is 36.1 Å². The van der Waals surface area contributed by atoms with Crippen LogP contribution in [0.15, 0.2) is 24.5 Å². The standard InChI is InChI=1S/C17H29N3/c1-3-14-4-5-17(18)16(12-14)13-20(2)11-8-15-6-9-19-10-7-15/h6-7,9-10,14,16-17H,3-5,8,11-13,18H2,1-2H3. The number of pyridine rings is 1. The lowest BCUT2D eigenvalue weighted by Crippen LogP contribution is -2.42. The summed E-state index contributed by atoms with van der Waals surface area (Å²) in [6.45, 7) is 4.55. The van der Waals surface area contributed by atoms with E-state index in [9.17, 15) is 0 Å². The van der Waals surface area contributed by atoms with Crippen molar-refractivity contribution >= 4 is 0 Å². The van der Waals surface area contributed by atoms with Crippen LogP contribution in [0.25, 0.3) is 0 Å². The van der Waals surface area contributed by atoms with Crippen molar-refractivity contribution in [2.75, 3.05) is 20.1 Å². The largest absolute Gasteiger partial charge is 0.327 e. The monoisotopic (exact) mass is 275 g/mol. The van der Waals surface area contributed by atoms with Gasteiger partial charge in [0.15, 0.2) is 0 Å². The molecule has 3 nitrogen and oxygen atoms in total. The van der Waals surface area contributed by atoms with Crippen LogP contribution < -0.4 is 5.73 Å². The summed E-state index contributed by atoms with van der Waals surface area (Å²) in [7, 11) is 2.23. The van der Waals surface area contributed by atoms with Crippen molar-refractivity contribution in [3.05, 3.63) is 30.1 Å². The van der Waals surface area contributed by atoms with Gasteiger partial charge in [-0.3, -0.25) is 4.98 Å². The van der Waals surface area contributed by atoms with E-state index in [0.29, 0.717) is 12.0 Å². The average molecular weight is 275 g/mol. The quantitative estimate of drug-likeness (QED) is 0.868. The fourth-order valence-electron chi connectivity index (χ4n) is 3.33. The van der Waals surface area contributed by atoms with E-state index in [2.05, 4.69) is 36.0 Å². The maximum atomic E-state index is 6.32. The SMILES string of the molecule is CCC1CCC(N)C(CN(C)CCc2ccncc2)C1. The van der Waals surface area contributed by atoms with Gasteiger partial charge in [0.05, 0.1) is 0 Å². The maximum Gasteiger partial charge on any atom is 0.0270 e. The Bertz CT molecular complexity index is 379. The fraction of sp³-hybridized carbons (Fsp3) is 0.706. The van der Waals surface area contributed by atoms with Gasteiger partial charge < -0.3 is 10.6 Å². The van der Waals surface area contributed by atoms with E-state index in [4.69, 9.17) is 5.73 Å². The number of hydrogen-bond donors (Lipinski definition) is 1. The Labute approximate surface area is 123 Å². The van der Waals surface area contributed by atoms with Crippen molar-refractivity contribution in [1.82, 2.24) is 9.88 Å². The summed E-state index contributed by atoms with van der Waals surface area (Å²) in [4.78, 5) is 6.51. The topological polar surface area (TPSA) is 42.1 Å². The molecule has 3 heteroatoms. The number of hydrogen-bond acceptors (Lipinski definition) is 3. The van der Waals surface area contributed by atoms with E-state index in [1.54, 1.807) is 0 Å². The van der Waals surface area contributed by atoms with E-state index >= 15 is 0 Å². The number of aromatic nitrogens is 1. The Morgan fingerprint density at radius 1 is 1.30 bits per heavy atom. The molecule has 112 valence electrons. The van der Waals surface area contributed by atoms with E-state index in [1.807, 2.05) is 12.4 Å². The minimum absolute atomic E-state index is 0.404. The second kappa shape index (κ2) is 7.75. The van der Waals surface area contributed by atoms with Crippen molar-refractivity contribution < 1.29 is 0 Å². The zero-order chi connectivity index (χ0) is 14.4. The van der Waals surface area contributed by atoms with E-state index in [1.165, 1.54) is 31.2 Å². The first-order chi connectivity index (χ1) is 9.69. The summed E-state index contributed by atoms with van der Waals surface area (Å²) in [6, 6.07) is 4.61. The van der Waals surface area contributed by atoms with Gasteiger partial charge in [-0.1, -0.05) is 13.3 Å². The zero-order valence-corrected chi connectivity index (χ0v) is 13.0. The summed E-state index contributed by atoms with van der Waals surface area (Å²) >= 11 is 0. The van der Waals surface area contributed by atoms with E-state index < -0.39 is 0 Å². The summed E-state index contributed by atoms with van der Waals surface area (Å²) in [5.41, 5.74) is 7.68. The first-order valence-electron chi connectivity index (χ1n) is 8.02. The molecule has 1 aliphatic carbocycles. The number of nitrogens with two attached hydrogens (primary N) is 1. The Morgan fingerprint density at radius 2 is 2.05 bits per heavy atom. The highest BCUT2D eigenvalue weighted by Crippen LogP contribution is 2.30. The Balaban J connectivity index is 1.77. The molecule has 0 radical (unpaired) electrons. The van der Waals surface area contributed by atoms with Crippen molar-refractivity contribution in [3.63, 3.8) is 0 Å². The minimum Gasteiger partial charge on any atom is -0.327 e. The molecule has 0 bridgehead atoms. The van der Waals surface area contributed by atoms with Gasteiger partial charge in [0.25, 0.3) is 0 Å². The van der Waals surface area contributed by atoms with Crippen LogP contribution in [0.4, 0.5) is 0 Å². The molecule has 2 N–H and O–H groups in total. The number of likely N-dealkylation sites (N-methyl/N-ethyl adjacent to an activating group) is 1. The molecule has 2 rings (SSSR count). The van der Waals surface area contributed by atoms with Crippen molar-refractivity contribution in [2.45, 2.75) is 45.1 Å². The molecule has 1 saturated carbocycles. The first kappa shape index (κ1) is 15.5. The molecular formula is C17H29N3. The van der Waals surface area contributed by atoms with Crippen LogP contribution in [0.2, 0.25) is 0 Å². The molecule has 0 amide bonds. The molecule has 20 heavy (non-hydrogen) atoms. The summed E-state index contributed by atoms with van der Waals surface area (Å²) in [5.74, 6) is 1.57. The Kier molecular flexibility index (Phi) is 5.99. The molecule has 1 aromatic heterocycles. The van der Waals surface area contributed by atoms with E-state index in [0.717, 1.165) is 25.4 Å². The van der Waals surface area contributed by atoms with Gasteiger partial charge in [0.1, 0.15) is 0 Å². The molecule has 1 aromatic rings. The molecule has 1 aliphatic rings. The molecular weight excluding hydrogens is 246 g/mol. The highest BCUT2D eigenvalue weighted by Gasteiger charge is 2.27. The lowest BCUT2D eigenvalue weighted by Gasteiger charge is -2.36. The van der Waals surface area contributed by atoms with Gasteiger partial charge in [0, 0.05) is 31.5 Å². The fourth-order valence-corrected chi connectivity index (χ4v) is 3.33. The molecule has 0 spiro atoms. The van der Waals surface area contributed by atoms with Crippen LogP contribution in [0.1, 0.15) is 38.2 Å². The van der Waals surface area contributed by atoms with E-state index in [-0.39, 0.29) is 0 Å². The third-order valence-electron chi connectivity index (χ3n) is 4.80. The molecule has 0 aliphatic heterocycles. The second-order valence-electron chi connectivity index (χ2n) is 6.38. The van der Waals surface area contributed by atoms with Crippen LogP contribution >= 0.6 is 0 Å². The van der Waals surface area contributed by atoms with Crippen molar-refractivity contribution in [3.8, 4) is 0 Å². The molecule has 1 fully saturated rings. The first-order valence-corrected chi connectivity index (χ1v) is 8.02. The lowest BCUT2D eigenvalue weighted by molar-refractivity contribution is 0.172. The third kappa shape index (κ3) is 4.57. The van der Waals surface area contributed by atoms with Crippen LogP contribution in [0.3, 0.4) is 0 Å². The number of nitrogens with zero attached hydrogens (tertiary/aromatic N) is 2. The van der Waals surface area contributed by atoms with Gasteiger partial charge in [-0.25, -0.2) is 0 Å². The molecule has 3 unspecified atom stereocenters. The number of rotatable bonds is 6. The highest BCUT2D eigenvalue weighted by atomic mass is 15.1. The van der Waals surface area contributed by atoms with Gasteiger partial charge >= 0.3 is 0 Å². The van der Waals surface area contributed by atoms with Crippen LogP contribution in [-0.2, 0) is 6.42 Å². The molecule has 0 saturated heterocycles. The predicted molar refractivity (Wildman–Crippen MR) is 84.5 cm³/mol. The van der Waals surface area contributed by atoms with Crippen molar-refractivity contribution in [1.29, 1.82) is 0 Å². The van der Waals surface area contributed by atoms with Gasteiger partial charge in [0.2, 0.25) is 0 Å². The normalized spacial score (nSPS) is 26.9. The molecule has 0 aromatic carbocycles. The maximum absolute atomic E-state index is 6.32. The highest BCUT2D eigenvalue weighted by molar-refractivity contribution is 5.09. The zero-order valence-electron chi connectivity index (χ0n) is 13.0. The lowest BCUT2D eigenvalue weighted by atomic mass is 9.77.